The molecular formula is C25H33ClN6O3S. The van der Waals surface area contributed by atoms with Crippen molar-refractivity contribution in [3.8, 4) is 0 Å². The first-order valence-corrected chi connectivity index (χ1v) is 13.6. The van der Waals surface area contributed by atoms with Crippen LogP contribution in [-0.2, 0) is 16.1 Å². The molecular weight excluding hydrogens is 500 g/mol. The number of nitrogens with one attached hydrogen (secondary N) is 1. The topological polar surface area (TPSA) is 119 Å². The summed E-state index contributed by atoms with van der Waals surface area (Å²) in [5, 5.41) is 14.7. The lowest BCUT2D eigenvalue weighted by atomic mass is 9.73. The third-order valence-corrected chi connectivity index (χ3v) is 8.96. The molecule has 36 heavy (non-hydrogen) atoms. The Balaban J connectivity index is 1.27. The first kappa shape index (κ1) is 25.7. The van der Waals surface area contributed by atoms with Gasteiger partial charge in [0.05, 0.1) is 30.5 Å². The summed E-state index contributed by atoms with van der Waals surface area (Å²) in [4.78, 5) is 16.8. The van der Waals surface area contributed by atoms with Gasteiger partial charge in [-0.05, 0) is 31.7 Å². The van der Waals surface area contributed by atoms with Crippen LogP contribution in [0, 0.1) is 5.41 Å². The fraction of sp³-hybridized carbons (Fsp3) is 0.560. The van der Waals surface area contributed by atoms with Crippen LogP contribution >= 0.6 is 23.4 Å². The third kappa shape index (κ3) is 5.20. The van der Waals surface area contributed by atoms with Crippen molar-refractivity contribution in [1.29, 1.82) is 0 Å². The average molecular weight is 533 g/mol. The highest BCUT2D eigenvalue weighted by atomic mass is 35.5. The van der Waals surface area contributed by atoms with Crippen molar-refractivity contribution < 1.29 is 14.6 Å². The van der Waals surface area contributed by atoms with Gasteiger partial charge in [-0.15, -0.1) is 6.58 Å². The van der Waals surface area contributed by atoms with E-state index in [1.165, 1.54) is 11.8 Å². The summed E-state index contributed by atoms with van der Waals surface area (Å²) in [5.74, 6) is 1.38. The number of halogens is 1. The molecule has 0 unspecified atom stereocenters. The zero-order chi connectivity index (χ0) is 25.1. The maximum Gasteiger partial charge on any atom is 0.152 e. The van der Waals surface area contributed by atoms with Crippen molar-refractivity contribution in [2.75, 3.05) is 43.1 Å². The summed E-state index contributed by atoms with van der Waals surface area (Å²) in [5.41, 5.74) is 7.02. The van der Waals surface area contributed by atoms with Crippen molar-refractivity contribution in [3.63, 3.8) is 0 Å². The molecule has 0 radical (unpaired) electrons. The number of hydrogen-bond acceptors (Lipinski definition) is 10. The molecule has 1 spiro atoms. The van der Waals surface area contributed by atoms with Gasteiger partial charge in [0.25, 0.3) is 0 Å². The number of nitrogens with zero attached hydrogens (tertiary/aromatic N) is 4. The predicted molar refractivity (Wildman–Crippen MR) is 141 cm³/mol. The van der Waals surface area contributed by atoms with Crippen molar-refractivity contribution in [2.24, 2.45) is 11.1 Å². The minimum absolute atomic E-state index is 0.0353. The lowest BCUT2D eigenvalue weighted by molar-refractivity contribution is 0.0904. The molecule has 9 nitrogen and oxygen atoms in total. The van der Waals surface area contributed by atoms with E-state index in [0.29, 0.717) is 40.0 Å². The van der Waals surface area contributed by atoms with Crippen LogP contribution in [0.15, 0.2) is 41.0 Å². The molecule has 2 aromatic heterocycles. The van der Waals surface area contributed by atoms with E-state index in [1.807, 2.05) is 6.07 Å². The van der Waals surface area contributed by atoms with Crippen LogP contribution in [0.1, 0.15) is 31.4 Å². The van der Waals surface area contributed by atoms with Crippen LogP contribution in [0.4, 0.5) is 11.6 Å². The molecule has 3 aliphatic rings. The molecule has 0 amide bonds. The Hall–Kier alpha value is -1.95. The Bertz CT molecular complexity index is 1080. The van der Waals surface area contributed by atoms with Crippen LogP contribution in [0.3, 0.4) is 0 Å². The summed E-state index contributed by atoms with van der Waals surface area (Å²) in [6, 6.07) is 2.11. The minimum atomic E-state index is -0.194. The van der Waals surface area contributed by atoms with Crippen LogP contribution in [0.25, 0.3) is 0 Å². The second-order valence-corrected chi connectivity index (χ2v) is 11.1. The van der Waals surface area contributed by atoms with Gasteiger partial charge in [0, 0.05) is 54.9 Å². The molecule has 3 aliphatic heterocycles. The van der Waals surface area contributed by atoms with Gasteiger partial charge in [-0.3, -0.25) is 0 Å². The average Bonchev–Trinajstić information content (AvgIpc) is 3.22. The lowest BCUT2D eigenvalue weighted by Gasteiger charge is -2.41. The van der Waals surface area contributed by atoms with E-state index in [-0.39, 0.29) is 24.2 Å². The van der Waals surface area contributed by atoms with E-state index in [2.05, 4.69) is 21.8 Å². The highest BCUT2D eigenvalue weighted by Crippen LogP contribution is 2.43. The molecule has 3 fully saturated rings. The summed E-state index contributed by atoms with van der Waals surface area (Å²) >= 11 is 8.10. The number of aliphatic hydroxyl groups excluding tert-OH is 1. The Morgan fingerprint density at radius 1 is 1.31 bits per heavy atom. The molecule has 0 bridgehead atoms. The number of aliphatic hydroxyl groups is 1. The number of rotatable bonds is 7. The van der Waals surface area contributed by atoms with Crippen LogP contribution in [-0.4, -0.2) is 71.2 Å². The van der Waals surface area contributed by atoms with Gasteiger partial charge in [-0.2, -0.15) is 0 Å². The SMILES string of the molecule is C=C[C@@H]1OCC2(CCN(c3ncc(Sc4ccnc(NC5CCOCC5)c4Cl)nc3CO)CC2)[C@@H]1N. The molecule has 4 N–H and O–H groups in total. The largest absolute Gasteiger partial charge is 0.390 e. The van der Waals surface area contributed by atoms with Crippen LogP contribution in [0.5, 0.6) is 0 Å². The van der Waals surface area contributed by atoms with Gasteiger partial charge in [-0.25, -0.2) is 15.0 Å². The van der Waals surface area contributed by atoms with Crippen molar-refractivity contribution in [2.45, 2.75) is 60.4 Å². The van der Waals surface area contributed by atoms with E-state index >= 15 is 0 Å². The van der Waals surface area contributed by atoms with Crippen LogP contribution in [0.2, 0.25) is 5.02 Å². The molecule has 194 valence electrons. The highest BCUT2D eigenvalue weighted by Gasteiger charge is 2.48. The second kappa shape index (κ2) is 11.2. The van der Waals surface area contributed by atoms with Crippen molar-refractivity contribution >= 4 is 35.0 Å². The molecule has 2 aromatic rings. The minimum Gasteiger partial charge on any atom is -0.390 e. The summed E-state index contributed by atoms with van der Waals surface area (Å²) in [6.45, 7) is 7.36. The molecule has 0 saturated carbocycles. The number of anilines is 2. The number of aromatic nitrogens is 3. The summed E-state index contributed by atoms with van der Waals surface area (Å²) < 4.78 is 11.3. The molecule has 0 aliphatic carbocycles. The summed E-state index contributed by atoms with van der Waals surface area (Å²) in [6.07, 6.45) is 8.84. The van der Waals surface area contributed by atoms with Gasteiger partial charge in [0.1, 0.15) is 16.5 Å². The number of ether oxygens (including phenoxy) is 2. The Morgan fingerprint density at radius 2 is 2.08 bits per heavy atom. The maximum absolute atomic E-state index is 10.1. The zero-order valence-corrected chi connectivity index (χ0v) is 21.8. The smallest absolute Gasteiger partial charge is 0.152 e. The monoisotopic (exact) mass is 532 g/mol. The fourth-order valence-electron chi connectivity index (χ4n) is 5.24. The molecule has 2 atom stereocenters. The Morgan fingerprint density at radius 3 is 2.78 bits per heavy atom. The molecule has 5 rings (SSSR count). The Kier molecular flexibility index (Phi) is 7.99. The number of piperidine rings is 1. The number of pyridine rings is 1. The first-order valence-electron chi connectivity index (χ1n) is 12.4. The Labute approximate surface area is 220 Å². The zero-order valence-electron chi connectivity index (χ0n) is 20.2. The van der Waals surface area contributed by atoms with E-state index in [0.717, 1.165) is 56.9 Å². The molecule has 3 saturated heterocycles. The maximum atomic E-state index is 10.1. The number of hydrogen-bond donors (Lipinski definition) is 3. The van der Waals surface area contributed by atoms with Gasteiger partial charge < -0.3 is 30.5 Å². The normalized spacial score (nSPS) is 24.2. The molecule has 0 aromatic carbocycles. The first-order chi connectivity index (χ1) is 17.5. The quantitative estimate of drug-likeness (QED) is 0.458. The highest BCUT2D eigenvalue weighted by molar-refractivity contribution is 7.99. The standard InChI is InChI=1S/C25H33ClN6O3S/c1-2-18-22(27)25(15-35-18)6-9-32(10-7-25)24-17(14-33)31-20(13-29-24)36-19-3-8-28-23(21(19)26)30-16-4-11-34-12-5-16/h2-3,8,13,16,18,22,33H,1,4-7,9-12,14-15,27H2,(H,28,30)/t18-,22+/m0/s1. The lowest BCUT2D eigenvalue weighted by Crippen LogP contribution is -2.51. The number of nitrogens with two attached hydrogens (primary N) is 1. The van der Waals surface area contributed by atoms with Gasteiger partial charge in [0.2, 0.25) is 0 Å². The van der Waals surface area contributed by atoms with Crippen LogP contribution < -0.4 is 16.0 Å². The third-order valence-electron chi connectivity index (χ3n) is 7.50. The predicted octanol–water partition coefficient (Wildman–Crippen LogP) is 3.26. The second-order valence-electron chi connectivity index (χ2n) is 9.63. The van der Waals surface area contributed by atoms with Crippen molar-refractivity contribution in [1.82, 2.24) is 15.0 Å². The molecule has 5 heterocycles. The van der Waals surface area contributed by atoms with E-state index < -0.39 is 0 Å². The summed E-state index contributed by atoms with van der Waals surface area (Å²) in [7, 11) is 0. The van der Waals surface area contributed by atoms with Gasteiger partial charge in [0.15, 0.2) is 5.82 Å². The van der Waals surface area contributed by atoms with E-state index in [1.54, 1.807) is 18.5 Å². The molecule has 11 heteroatoms. The van der Waals surface area contributed by atoms with Crippen molar-refractivity contribution in [3.05, 3.63) is 41.8 Å². The van der Waals surface area contributed by atoms with Gasteiger partial charge >= 0.3 is 0 Å². The fourth-order valence-corrected chi connectivity index (χ4v) is 6.33. The van der Waals surface area contributed by atoms with E-state index in [9.17, 15) is 5.11 Å². The van der Waals surface area contributed by atoms with Gasteiger partial charge in [-0.1, -0.05) is 29.4 Å². The van der Waals surface area contributed by atoms with E-state index in [4.69, 9.17) is 36.8 Å².